The molecule has 5 rings (SSSR count). The van der Waals surface area contributed by atoms with Gasteiger partial charge in [-0.15, -0.1) is 6.58 Å². The number of likely N-dealkylation sites (tertiary alicyclic amines) is 1. The van der Waals surface area contributed by atoms with Gasteiger partial charge in [0, 0.05) is 22.0 Å². The first-order chi connectivity index (χ1) is 18.0. The van der Waals surface area contributed by atoms with E-state index in [0.29, 0.717) is 42.1 Å². The number of hydrogen-bond acceptors (Lipinski definition) is 3. The predicted octanol–water partition coefficient (Wildman–Crippen LogP) is 6.88. The van der Waals surface area contributed by atoms with Crippen molar-refractivity contribution in [2.45, 2.75) is 74.6 Å². The minimum atomic E-state index is -3.48. The van der Waals surface area contributed by atoms with E-state index in [1.807, 2.05) is 55.5 Å². The molecular weight excluding hydrogens is 539 g/mol. The molecule has 1 saturated heterocycles. The van der Waals surface area contributed by atoms with Crippen molar-refractivity contribution >= 4 is 39.1 Å². The molecule has 0 unspecified atom stereocenters. The lowest BCUT2D eigenvalue weighted by atomic mass is 9.66. The minimum absolute atomic E-state index is 0.0326. The fraction of sp³-hybridized carbons (Fsp3) is 0.500. The Kier molecular flexibility index (Phi) is 7.49. The normalized spacial score (nSPS) is 27.7. The molecule has 3 aliphatic rings. The zero-order chi connectivity index (χ0) is 27.3. The maximum atomic E-state index is 14.6. The van der Waals surface area contributed by atoms with Gasteiger partial charge in [0.2, 0.25) is 15.9 Å². The van der Waals surface area contributed by atoms with Gasteiger partial charge in [0.15, 0.2) is 0 Å². The van der Waals surface area contributed by atoms with Crippen LogP contribution in [0.25, 0.3) is 0 Å². The maximum absolute atomic E-state index is 14.6. The smallest absolute Gasteiger partial charge is 0.229 e. The Labute approximate surface area is 236 Å². The number of rotatable bonds is 10. The molecule has 2 saturated carbocycles. The van der Waals surface area contributed by atoms with E-state index < -0.39 is 20.2 Å². The van der Waals surface area contributed by atoms with Gasteiger partial charge in [-0.1, -0.05) is 60.5 Å². The maximum Gasteiger partial charge on any atom is 0.229 e. The summed E-state index contributed by atoms with van der Waals surface area (Å²) >= 11 is 12.8. The van der Waals surface area contributed by atoms with Crippen molar-refractivity contribution in [3.63, 3.8) is 0 Å². The largest absolute Gasteiger partial charge is 0.331 e. The molecule has 0 radical (unpaired) electrons. The van der Waals surface area contributed by atoms with Crippen LogP contribution in [0.4, 0.5) is 0 Å². The van der Waals surface area contributed by atoms with Crippen LogP contribution in [0.2, 0.25) is 10.0 Å². The van der Waals surface area contributed by atoms with Crippen molar-refractivity contribution in [1.29, 1.82) is 0 Å². The Bertz CT molecular complexity index is 1320. The number of sulfonamides is 1. The van der Waals surface area contributed by atoms with Crippen LogP contribution in [-0.2, 0) is 14.8 Å². The molecule has 38 heavy (non-hydrogen) atoms. The van der Waals surface area contributed by atoms with Crippen LogP contribution in [0.15, 0.2) is 61.2 Å². The molecule has 8 heteroatoms. The Morgan fingerprint density at radius 1 is 1.11 bits per heavy atom. The van der Waals surface area contributed by atoms with Crippen LogP contribution < -0.4 is 4.72 Å². The lowest BCUT2D eigenvalue weighted by Crippen LogP contribution is -2.57. The third kappa shape index (κ3) is 5.05. The molecule has 1 aliphatic heterocycles. The van der Waals surface area contributed by atoms with Crippen molar-refractivity contribution in [3.05, 3.63) is 82.4 Å². The minimum Gasteiger partial charge on any atom is -0.331 e. The quantitative estimate of drug-likeness (QED) is 0.314. The average molecular weight is 576 g/mol. The number of benzene rings is 2. The first kappa shape index (κ1) is 27.7. The molecule has 0 bridgehead atoms. The van der Waals surface area contributed by atoms with Gasteiger partial charge in [-0.05, 0) is 93.3 Å². The standard InChI is InChI=1S/C30H36Cl2N2O3S/c1-4-14-29(2)18-25(22-6-5-7-24(32)17-22)27(21-10-12-23(31)13-11-21)34(28(29)35)26(20-8-9-20)19-30(15-16-30)38(36,37)33-3/h4-7,10-13,17,20,25-27,33H,1,8-9,14-16,18-19H2,2-3H3/t25-,26+,27-,29+/m1/s1. The zero-order valence-electron chi connectivity index (χ0n) is 22.0. The third-order valence-electron chi connectivity index (χ3n) is 8.94. The Balaban J connectivity index is 1.67. The van der Waals surface area contributed by atoms with E-state index in [2.05, 4.69) is 22.3 Å². The number of carbonyl (C=O) groups excluding carboxylic acids is 1. The van der Waals surface area contributed by atoms with E-state index >= 15 is 0 Å². The van der Waals surface area contributed by atoms with Crippen LogP contribution in [0.1, 0.15) is 75.0 Å². The predicted molar refractivity (Wildman–Crippen MR) is 154 cm³/mol. The highest BCUT2D eigenvalue weighted by Gasteiger charge is 2.60. The Morgan fingerprint density at radius 3 is 2.34 bits per heavy atom. The molecule has 204 valence electrons. The third-order valence-corrected chi connectivity index (χ3v) is 11.7. The highest BCUT2D eigenvalue weighted by molar-refractivity contribution is 7.91. The van der Waals surface area contributed by atoms with E-state index in [1.54, 1.807) is 0 Å². The number of carbonyl (C=O) groups is 1. The van der Waals surface area contributed by atoms with Crippen molar-refractivity contribution < 1.29 is 13.2 Å². The summed E-state index contributed by atoms with van der Waals surface area (Å²) in [6.07, 6.45) is 6.69. The number of hydrogen-bond donors (Lipinski definition) is 1. The summed E-state index contributed by atoms with van der Waals surface area (Å²) in [5.41, 5.74) is 1.41. The van der Waals surface area contributed by atoms with Crippen molar-refractivity contribution in [2.75, 3.05) is 7.05 Å². The van der Waals surface area contributed by atoms with E-state index in [1.165, 1.54) is 7.05 Å². The fourth-order valence-corrected chi connectivity index (χ4v) is 8.33. The molecule has 2 aliphatic carbocycles. The van der Waals surface area contributed by atoms with E-state index in [0.717, 1.165) is 24.0 Å². The van der Waals surface area contributed by atoms with Gasteiger partial charge < -0.3 is 4.90 Å². The Morgan fingerprint density at radius 2 is 1.79 bits per heavy atom. The molecule has 2 aromatic rings. The summed E-state index contributed by atoms with van der Waals surface area (Å²) in [7, 11) is -1.99. The van der Waals surface area contributed by atoms with Gasteiger partial charge in [-0.25, -0.2) is 13.1 Å². The molecule has 1 amide bonds. The summed E-state index contributed by atoms with van der Waals surface area (Å²) in [6, 6.07) is 15.2. The highest BCUT2D eigenvalue weighted by Crippen LogP contribution is 2.57. The molecule has 3 fully saturated rings. The van der Waals surface area contributed by atoms with Gasteiger partial charge >= 0.3 is 0 Å². The van der Waals surface area contributed by atoms with Gasteiger partial charge in [0.1, 0.15) is 0 Å². The molecule has 4 atom stereocenters. The monoisotopic (exact) mass is 574 g/mol. The molecule has 2 aromatic carbocycles. The van der Waals surface area contributed by atoms with Crippen molar-refractivity contribution in [3.8, 4) is 0 Å². The second kappa shape index (κ2) is 10.3. The van der Waals surface area contributed by atoms with E-state index in [4.69, 9.17) is 23.2 Å². The van der Waals surface area contributed by atoms with Crippen LogP contribution in [0.3, 0.4) is 0 Å². The van der Waals surface area contributed by atoms with Crippen molar-refractivity contribution in [2.24, 2.45) is 11.3 Å². The average Bonchev–Trinajstić information content (AvgIpc) is 3.80. The summed E-state index contributed by atoms with van der Waals surface area (Å²) in [6.45, 7) is 6.00. The van der Waals surface area contributed by atoms with Gasteiger partial charge in [-0.2, -0.15) is 0 Å². The van der Waals surface area contributed by atoms with E-state index in [9.17, 15) is 13.2 Å². The summed E-state index contributed by atoms with van der Waals surface area (Å²) in [5, 5.41) is 1.29. The molecule has 1 heterocycles. The SMILES string of the molecule is C=CC[C@@]1(C)C[C@H](c2cccc(Cl)c2)[C@@H](c2ccc(Cl)cc2)N([C@@H](CC2(S(=O)(=O)NC)CC2)C2CC2)C1=O. The topological polar surface area (TPSA) is 66.5 Å². The second-order valence-corrected chi connectivity index (χ2v) is 14.8. The van der Waals surface area contributed by atoms with Crippen LogP contribution in [-0.4, -0.2) is 37.1 Å². The Hall–Kier alpha value is -1.86. The van der Waals surface area contributed by atoms with Crippen LogP contribution in [0.5, 0.6) is 0 Å². The number of nitrogens with zero attached hydrogens (tertiary/aromatic N) is 1. The molecular formula is C30H36Cl2N2O3S. The molecule has 0 aromatic heterocycles. The molecule has 5 nitrogen and oxygen atoms in total. The fourth-order valence-electron chi connectivity index (χ4n) is 6.55. The van der Waals surface area contributed by atoms with Crippen LogP contribution >= 0.6 is 23.2 Å². The lowest BCUT2D eigenvalue weighted by molar-refractivity contribution is -0.155. The number of piperidine rings is 1. The van der Waals surface area contributed by atoms with Crippen molar-refractivity contribution in [1.82, 2.24) is 9.62 Å². The summed E-state index contributed by atoms with van der Waals surface area (Å²) < 4.78 is 28.0. The number of amides is 1. The summed E-state index contributed by atoms with van der Waals surface area (Å²) in [5.74, 6) is 0.324. The number of allylic oxidation sites excluding steroid dienone is 1. The highest BCUT2D eigenvalue weighted by atomic mass is 35.5. The van der Waals surface area contributed by atoms with Crippen LogP contribution in [0, 0.1) is 11.3 Å². The van der Waals surface area contributed by atoms with E-state index in [-0.39, 0.29) is 29.8 Å². The first-order valence-corrected chi connectivity index (χ1v) is 15.7. The molecule has 0 spiro atoms. The van der Waals surface area contributed by atoms with Gasteiger partial charge in [0.05, 0.1) is 16.2 Å². The number of halogens is 2. The van der Waals surface area contributed by atoms with Gasteiger partial charge in [0.25, 0.3) is 0 Å². The zero-order valence-corrected chi connectivity index (χ0v) is 24.3. The van der Waals surface area contributed by atoms with Gasteiger partial charge in [-0.3, -0.25) is 4.79 Å². The first-order valence-electron chi connectivity index (χ1n) is 13.4. The second-order valence-electron chi connectivity index (χ2n) is 11.6. The summed E-state index contributed by atoms with van der Waals surface area (Å²) in [4.78, 5) is 16.7. The number of nitrogens with one attached hydrogen (secondary N) is 1. The lowest BCUT2D eigenvalue weighted by Gasteiger charge is -2.52. The molecule has 1 N–H and O–H groups in total.